The predicted octanol–water partition coefficient (Wildman–Crippen LogP) is 3.47. The first kappa shape index (κ1) is 15.1. The summed E-state index contributed by atoms with van der Waals surface area (Å²) < 4.78 is 24.9. The van der Waals surface area contributed by atoms with E-state index in [1.165, 1.54) is 0 Å². The number of hydrogen-bond acceptors (Lipinski definition) is 3. The van der Waals surface area contributed by atoms with E-state index in [0.29, 0.717) is 22.3 Å². The molecule has 0 saturated heterocycles. The summed E-state index contributed by atoms with van der Waals surface area (Å²) in [6.07, 6.45) is 4.38. The van der Waals surface area contributed by atoms with Crippen LogP contribution in [0.4, 0.5) is 14.5 Å². The number of nitrogens with one attached hydrogen (secondary N) is 2. The SMILES string of the molecule is O=C(CNc1ccccc1SC(F)F)NC1CCCC1. The van der Waals surface area contributed by atoms with Crippen molar-refractivity contribution in [3.63, 3.8) is 0 Å². The minimum absolute atomic E-state index is 0.0891. The standard InChI is InChI=1S/C14H18F2N2OS/c15-14(16)20-12-8-4-3-7-11(12)17-9-13(19)18-10-5-1-2-6-10/h3-4,7-8,10,14,17H,1-2,5-6,9H2,(H,18,19). The van der Waals surface area contributed by atoms with Crippen molar-refractivity contribution in [2.45, 2.75) is 42.4 Å². The maximum absolute atomic E-state index is 12.4. The van der Waals surface area contributed by atoms with Gasteiger partial charge in [0.05, 0.1) is 6.54 Å². The summed E-state index contributed by atoms with van der Waals surface area (Å²) >= 11 is 0.482. The second-order valence-corrected chi connectivity index (χ2v) is 5.81. The molecule has 0 heterocycles. The highest BCUT2D eigenvalue weighted by Crippen LogP contribution is 2.31. The van der Waals surface area contributed by atoms with Crippen LogP contribution in [-0.2, 0) is 4.79 Å². The van der Waals surface area contributed by atoms with Gasteiger partial charge in [-0.25, -0.2) is 0 Å². The van der Waals surface area contributed by atoms with Crippen molar-refractivity contribution in [2.24, 2.45) is 0 Å². The quantitative estimate of drug-likeness (QED) is 0.790. The van der Waals surface area contributed by atoms with E-state index in [4.69, 9.17) is 0 Å². The maximum Gasteiger partial charge on any atom is 0.288 e. The average molecular weight is 300 g/mol. The van der Waals surface area contributed by atoms with Gasteiger partial charge in [0, 0.05) is 16.6 Å². The van der Waals surface area contributed by atoms with Gasteiger partial charge < -0.3 is 10.6 Å². The highest BCUT2D eigenvalue weighted by molar-refractivity contribution is 7.99. The van der Waals surface area contributed by atoms with Crippen molar-refractivity contribution in [1.29, 1.82) is 0 Å². The highest BCUT2D eigenvalue weighted by atomic mass is 32.2. The molecular formula is C14H18F2N2OS. The number of thioether (sulfide) groups is 1. The van der Waals surface area contributed by atoms with Gasteiger partial charge in [0.2, 0.25) is 5.91 Å². The molecule has 0 spiro atoms. The number of hydrogen-bond donors (Lipinski definition) is 2. The largest absolute Gasteiger partial charge is 0.375 e. The lowest BCUT2D eigenvalue weighted by Crippen LogP contribution is -2.36. The summed E-state index contributed by atoms with van der Waals surface area (Å²) in [6.45, 7) is 0.108. The van der Waals surface area contributed by atoms with Gasteiger partial charge in [0.25, 0.3) is 5.76 Å². The first-order valence-electron chi connectivity index (χ1n) is 6.72. The first-order valence-corrected chi connectivity index (χ1v) is 7.60. The molecule has 0 aliphatic heterocycles. The Bertz CT molecular complexity index is 451. The van der Waals surface area contributed by atoms with Crippen LogP contribution in [0.3, 0.4) is 0 Å². The van der Waals surface area contributed by atoms with Crippen molar-refractivity contribution < 1.29 is 13.6 Å². The normalized spacial score (nSPS) is 15.6. The van der Waals surface area contributed by atoms with Crippen LogP contribution in [0, 0.1) is 0 Å². The molecule has 2 N–H and O–H groups in total. The molecule has 1 amide bonds. The van der Waals surface area contributed by atoms with Gasteiger partial charge in [0.1, 0.15) is 0 Å². The van der Waals surface area contributed by atoms with E-state index in [1.807, 2.05) is 0 Å². The molecule has 20 heavy (non-hydrogen) atoms. The van der Waals surface area contributed by atoms with E-state index in [2.05, 4.69) is 10.6 Å². The summed E-state index contributed by atoms with van der Waals surface area (Å²) in [5, 5.41) is 5.88. The van der Waals surface area contributed by atoms with E-state index >= 15 is 0 Å². The number of rotatable bonds is 6. The zero-order valence-corrected chi connectivity index (χ0v) is 11.9. The van der Waals surface area contributed by atoms with Crippen molar-refractivity contribution in [2.75, 3.05) is 11.9 Å². The van der Waals surface area contributed by atoms with Crippen molar-refractivity contribution >= 4 is 23.4 Å². The molecular weight excluding hydrogens is 282 g/mol. The number of alkyl halides is 2. The van der Waals surface area contributed by atoms with Gasteiger partial charge >= 0.3 is 0 Å². The number of benzene rings is 1. The monoisotopic (exact) mass is 300 g/mol. The van der Waals surface area contributed by atoms with Crippen LogP contribution >= 0.6 is 11.8 Å². The molecule has 0 atom stereocenters. The Morgan fingerprint density at radius 2 is 2.00 bits per heavy atom. The van der Waals surface area contributed by atoms with Crippen LogP contribution in [0.15, 0.2) is 29.2 Å². The van der Waals surface area contributed by atoms with Crippen LogP contribution < -0.4 is 10.6 Å². The number of amides is 1. The predicted molar refractivity (Wildman–Crippen MR) is 77.2 cm³/mol. The van der Waals surface area contributed by atoms with Crippen LogP contribution in [-0.4, -0.2) is 24.3 Å². The van der Waals surface area contributed by atoms with Crippen LogP contribution in [0.2, 0.25) is 0 Å². The summed E-state index contributed by atoms with van der Waals surface area (Å²) in [7, 11) is 0. The molecule has 1 aliphatic rings. The number of carbonyl (C=O) groups excluding carboxylic acids is 1. The fourth-order valence-electron chi connectivity index (χ4n) is 2.34. The van der Waals surface area contributed by atoms with E-state index in [-0.39, 0.29) is 18.5 Å². The lowest BCUT2D eigenvalue weighted by molar-refractivity contribution is -0.120. The molecule has 1 aliphatic carbocycles. The first-order chi connectivity index (χ1) is 9.65. The fraction of sp³-hybridized carbons (Fsp3) is 0.500. The Morgan fingerprint density at radius 1 is 1.30 bits per heavy atom. The van der Waals surface area contributed by atoms with E-state index < -0.39 is 5.76 Å². The minimum Gasteiger partial charge on any atom is -0.375 e. The molecule has 0 bridgehead atoms. The summed E-state index contributed by atoms with van der Waals surface area (Å²) in [5.41, 5.74) is 0.569. The fourth-order valence-corrected chi connectivity index (χ4v) is 2.95. The Balaban J connectivity index is 1.84. The molecule has 0 unspecified atom stereocenters. The Hall–Kier alpha value is -1.30. The summed E-state index contributed by atoms with van der Waals surface area (Å²) in [6, 6.07) is 7.05. The van der Waals surface area contributed by atoms with Gasteiger partial charge in [-0.15, -0.1) is 0 Å². The topological polar surface area (TPSA) is 41.1 Å². The van der Waals surface area contributed by atoms with E-state index in [0.717, 1.165) is 25.7 Å². The Labute approximate surface area is 121 Å². The molecule has 1 fully saturated rings. The van der Waals surface area contributed by atoms with Crippen LogP contribution in [0.1, 0.15) is 25.7 Å². The third-order valence-corrected chi connectivity index (χ3v) is 4.05. The van der Waals surface area contributed by atoms with Crippen LogP contribution in [0.5, 0.6) is 0 Å². The molecule has 1 saturated carbocycles. The van der Waals surface area contributed by atoms with Crippen LogP contribution in [0.25, 0.3) is 0 Å². The second kappa shape index (κ2) is 7.47. The minimum atomic E-state index is -2.47. The highest BCUT2D eigenvalue weighted by Gasteiger charge is 2.17. The zero-order valence-electron chi connectivity index (χ0n) is 11.1. The lowest BCUT2D eigenvalue weighted by atomic mass is 10.2. The van der Waals surface area contributed by atoms with Crippen molar-refractivity contribution in [3.8, 4) is 0 Å². The van der Waals surface area contributed by atoms with Gasteiger partial charge in [-0.2, -0.15) is 8.78 Å². The molecule has 0 aromatic heterocycles. The number of carbonyl (C=O) groups is 1. The number of para-hydroxylation sites is 1. The van der Waals surface area contributed by atoms with Crippen molar-refractivity contribution in [3.05, 3.63) is 24.3 Å². The smallest absolute Gasteiger partial charge is 0.288 e. The van der Waals surface area contributed by atoms with Gasteiger partial charge in [-0.05, 0) is 25.0 Å². The number of halogens is 2. The third-order valence-electron chi connectivity index (χ3n) is 3.26. The maximum atomic E-state index is 12.4. The second-order valence-electron chi connectivity index (χ2n) is 4.78. The van der Waals surface area contributed by atoms with E-state index in [9.17, 15) is 13.6 Å². The van der Waals surface area contributed by atoms with Gasteiger partial charge in [-0.1, -0.05) is 36.7 Å². The summed E-state index contributed by atoms with van der Waals surface area (Å²) in [4.78, 5) is 12.2. The van der Waals surface area contributed by atoms with Crippen molar-refractivity contribution in [1.82, 2.24) is 5.32 Å². The Morgan fingerprint density at radius 3 is 2.70 bits per heavy atom. The molecule has 1 aromatic carbocycles. The van der Waals surface area contributed by atoms with Gasteiger partial charge in [0.15, 0.2) is 0 Å². The average Bonchev–Trinajstić information content (AvgIpc) is 2.90. The third kappa shape index (κ3) is 4.67. The van der Waals surface area contributed by atoms with E-state index in [1.54, 1.807) is 24.3 Å². The molecule has 110 valence electrons. The zero-order chi connectivity index (χ0) is 14.4. The molecule has 0 radical (unpaired) electrons. The van der Waals surface area contributed by atoms with Gasteiger partial charge in [-0.3, -0.25) is 4.79 Å². The lowest BCUT2D eigenvalue weighted by Gasteiger charge is -2.14. The molecule has 1 aromatic rings. The molecule has 6 heteroatoms. The molecule has 3 nitrogen and oxygen atoms in total. The summed E-state index contributed by atoms with van der Waals surface area (Å²) in [5.74, 6) is -2.56. The Kier molecular flexibility index (Phi) is 5.64. The molecule has 2 rings (SSSR count). The number of anilines is 1.